The zero-order chi connectivity index (χ0) is 20.2. The van der Waals surface area contributed by atoms with Gasteiger partial charge in [0, 0.05) is 12.4 Å². The van der Waals surface area contributed by atoms with E-state index in [9.17, 15) is 4.79 Å². The molecule has 0 aliphatic heterocycles. The number of aryl methyl sites for hydroxylation is 1. The van der Waals surface area contributed by atoms with Gasteiger partial charge in [-0.1, -0.05) is 24.3 Å². The van der Waals surface area contributed by atoms with Crippen molar-refractivity contribution in [3.8, 4) is 33.8 Å². The second-order valence-corrected chi connectivity index (χ2v) is 7.11. The number of aromatic nitrogens is 3. The molecule has 0 saturated carbocycles. The first-order chi connectivity index (χ1) is 14.1. The van der Waals surface area contributed by atoms with E-state index >= 15 is 0 Å². The molecule has 0 spiro atoms. The van der Waals surface area contributed by atoms with Crippen molar-refractivity contribution in [1.82, 2.24) is 15.0 Å². The first-order valence-corrected chi connectivity index (χ1v) is 9.53. The van der Waals surface area contributed by atoms with Crippen molar-refractivity contribution in [2.45, 2.75) is 6.92 Å². The van der Waals surface area contributed by atoms with Crippen molar-refractivity contribution in [2.75, 3.05) is 0 Å². The molecule has 6 nitrogen and oxygen atoms in total. The van der Waals surface area contributed by atoms with Crippen LogP contribution < -0.4 is 4.74 Å². The zero-order valence-electron chi connectivity index (χ0n) is 15.4. The van der Waals surface area contributed by atoms with Crippen LogP contribution in [-0.2, 0) is 0 Å². The lowest BCUT2D eigenvalue weighted by molar-refractivity contribution is 0.0739. The van der Waals surface area contributed by atoms with Gasteiger partial charge in [0.1, 0.15) is 10.6 Å². The third kappa shape index (κ3) is 4.03. The Bertz CT molecular complexity index is 1190. The lowest BCUT2D eigenvalue weighted by atomic mass is 10.0. The minimum absolute atomic E-state index is 0.420. The van der Waals surface area contributed by atoms with Crippen LogP contribution in [0.15, 0.2) is 67.0 Å². The van der Waals surface area contributed by atoms with Crippen LogP contribution in [0.25, 0.3) is 22.0 Å². The highest BCUT2D eigenvalue weighted by atomic mass is 32.1. The molecule has 7 heteroatoms. The summed E-state index contributed by atoms with van der Waals surface area (Å²) in [5.41, 5.74) is 3.13. The average Bonchev–Trinajstić information content (AvgIpc) is 3.17. The molecule has 2 aromatic heterocycles. The van der Waals surface area contributed by atoms with E-state index in [1.165, 1.54) is 11.3 Å². The Kier molecular flexibility index (Phi) is 5.10. The number of carbonyl (C=O) groups is 1. The molecular weight excluding hydrogens is 384 g/mol. The standard InChI is InChI=1S/C22H14N4O2S/c1-14-19(29-21(26-14)20-24-11-2-12-25-20)22(27)28-18-9-7-17(8-10-18)16-5-3-15(13-23)4-6-16/h2-12H,1H3. The summed E-state index contributed by atoms with van der Waals surface area (Å²) in [6.45, 7) is 1.76. The van der Waals surface area contributed by atoms with Crippen LogP contribution in [0.5, 0.6) is 5.75 Å². The predicted octanol–water partition coefficient (Wildman–Crippen LogP) is 4.67. The molecule has 0 N–H and O–H groups in total. The molecule has 2 aromatic carbocycles. The fourth-order valence-electron chi connectivity index (χ4n) is 2.70. The predicted molar refractivity (Wildman–Crippen MR) is 109 cm³/mol. The molecule has 0 unspecified atom stereocenters. The third-order valence-corrected chi connectivity index (χ3v) is 5.28. The van der Waals surface area contributed by atoms with Gasteiger partial charge in [-0.2, -0.15) is 5.26 Å². The average molecular weight is 398 g/mol. The molecule has 0 aliphatic carbocycles. The number of thiazole rings is 1. The number of hydrogen-bond donors (Lipinski definition) is 0. The summed E-state index contributed by atoms with van der Waals surface area (Å²) in [6.07, 6.45) is 3.26. The normalized spacial score (nSPS) is 10.3. The van der Waals surface area contributed by atoms with Crippen molar-refractivity contribution in [3.05, 3.63) is 83.1 Å². The van der Waals surface area contributed by atoms with Crippen molar-refractivity contribution in [2.24, 2.45) is 0 Å². The maximum atomic E-state index is 12.6. The van der Waals surface area contributed by atoms with Gasteiger partial charge in [0.2, 0.25) is 0 Å². The van der Waals surface area contributed by atoms with Crippen LogP contribution in [-0.4, -0.2) is 20.9 Å². The highest BCUT2D eigenvalue weighted by molar-refractivity contribution is 7.17. The number of carbonyl (C=O) groups excluding carboxylic acids is 1. The van der Waals surface area contributed by atoms with Crippen molar-refractivity contribution in [1.29, 1.82) is 5.26 Å². The highest BCUT2D eigenvalue weighted by Gasteiger charge is 2.19. The molecule has 29 heavy (non-hydrogen) atoms. The molecule has 140 valence electrons. The van der Waals surface area contributed by atoms with Crippen LogP contribution in [0.1, 0.15) is 20.9 Å². The van der Waals surface area contributed by atoms with Gasteiger partial charge in [0.05, 0.1) is 17.3 Å². The first-order valence-electron chi connectivity index (χ1n) is 8.71. The van der Waals surface area contributed by atoms with Gasteiger partial charge < -0.3 is 4.74 Å². The summed E-state index contributed by atoms with van der Waals surface area (Å²) in [4.78, 5) is 25.7. The number of hydrogen-bond acceptors (Lipinski definition) is 7. The van der Waals surface area contributed by atoms with E-state index in [1.54, 1.807) is 49.6 Å². The third-order valence-electron chi connectivity index (χ3n) is 4.15. The SMILES string of the molecule is Cc1nc(-c2ncccn2)sc1C(=O)Oc1ccc(-c2ccc(C#N)cc2)cc1. The Morgan fingerprint density at radius 1 is 1.00 bits per heavy atom. The minimum atomic E-state index is -0.465. The quantitative estimate of drug-likeness (QED) is 0.367. The van der Waals surface area contributed by atoms with E-state index in [1.807, 2.05) is 24.3 Å². The lowest BCUT2D eigenvalue weighted by Crippen LogP contribution is -2.07. The second-order valence-electron chi connectivity index (χ2n) is 6.11. The fraction of sp³-hybridized carbons (Fsp3) is 0.0455. The molecule has 2 heterocycles. The number of ether oxygens (including phenoxy) is 1. The van der Waals surface area contributed by atoms with E-state index in [0.717, 1.165) is 11.1 Å². The second kappa shape index (κ2) is 8.00. The van der Waals surface area contributed by atoms with Gasteiger partial charge >= 0.3 is 5.97 Å². The zero-order valence-corrected chi connectivity index (χ0v) is 16.2. The van der Waals surface area contributed by atoms with E-state index in [4.69, 9.17) is 10.00 Å². The van der Waals surface area contributed by atoms with Gasteiger partial charge in [0.15, 0.2) is 10.8 Å². The van der Waals surface area contributed by atoms with Crippen LogP contribution >= 0.6 is 11.3 Å². The van der Waals surface area contributed by atoms with Crippen LogP contribution in [0, 0.1) is 18.3 Å². The number of rotatable bonds is 4. The highest BCUT2D eigenvalue weighted by Crippen LogP contribution is 2.27. The Morgan fingerprint density at radius 2 is 1.62 bits per heavy atom. The van der Waals surface area contributed by atoms with Gasteiger partial charge in [-0.05, 0) is 48.4 Å². The summed E-state index contributed by atoms with van der Waals surface area (Å²) in [6, 6.07) is 18.3. The van der Waals surface area contributed by atoms with Crippen LogP contribution in [0.2, 0.25) is 0 Å². The molecule has 0 fully saturated rings. The summed E-state index contributed by atoms with van der Waals surface area (Å²) >= 11 is 1.21. The summed E-state index contributed by atoms with van der Waals surface area (Å²) in [7, 11) is 0. The van der Waals surface area contributed by atoms with E-state index in [-0.39, 0.29) is 0 Å². The van der Waals surface area contributed by atoms with Crippen molar-refractivity contribution >= 4 is 17.3 Å². The molecule has 0 amide bonds. The number of nitrogens with zero attached hydrogens (tertiary/aromatic N) is 4. The maximum absolute atomic E-state index is 12.6. The molecular formula is C22H14N4O2S. The molecule has 0 saturated heterocycles. The fourth-order valence-corrected chi connectivity index (χ4v) is 3.59. The van der Waals surface area contributed by atoms with Crippen LogP contribution in [0.4, 0.5) is 0 Å². The molecule has 0 aliphatic rings. The number of nitriles is 1. The Hall–Kier alpha value is -3.89. The topological polar surface area (TPSA) is 88.8 Å². The first kappa shape index (κ1) is 18.5. The minimum Gasteiger partial charge on any atom is -0.422 e. The largest absolute Gasteiger partial charge is 0.422 e. The van der Waals surface area contributed by atoms with Crippen LogP contribution in [0.3, 0.4) is 0 Å². The maximum Gasteiger partial charge on any atom is 0.355 e. The Labute approximate surface area is 171 Å². The Morgan fingerprint density at radius 3 is 2.24 bits per heavy atom. The van der Waals surface area contributed by atoms with E-state index in [0.29, 0.717) is 32.7 Å². The smallest absolute Gasteiger partial charge is 0.355 e. The summed E-state index contributed by atoms with van der Waals surface area (Å²) in [5.74, 6) is 0.456. The number of esters is 1. The summed E-state index contributed by atoms with van der Waals surface area (Å²) in [5, 5.41) is 9.47. The molecule has 4 rings (SSSR count). The lowest BCUT2D eigenvalue weighted by Gasteiger charge is -2.05. The van der Waals surface area contributed by atoms with E-state index in [2.05, 4.69) is 21.0 Å². The molecule has 0 radical (unpaired) electrons. The number of benzene rings is 2. The molecule has 0 bridgehead atoms. The summed E-state index contributed by atoms with van der Waals surface area (Å²) < 4.78 is 5.51. The van der Waals surface area contributed by atoms with Gasteiger partial charge in [-0.25, -0.2) is 19.7 Å². The van der Waals surface area contributed by atoms with Crippen molar-refractivity contribution in [3.63, 3.8) is 0 Å². The molecule has 4 aromatic rings. The van der Waals surface area contributed by atoms with Crippen molar-refractivity contribution < 1.29 is 9.53 Å². The van der Waals surface area contributed by atoms with Gasteiger partial charge in [0.25, 0.3) is 0 Å². The molecule has 0 atom stereocenters. The Balaban J connectivity index is 1.50. The van der Waals surface area contributed by atoms with Gasteiger partial charge in [-0.3, -0.25) is 0 Å². The van der Waals surface area contributed by atoms with Gasteiger partial charge in [-0.15, -0.1) is 11.3 Å². The van der Waals surface area contributed by atoms with E-state index < -0.39 is 5.97 Å². The monoisotopic (exact) mass is 398 g/mol.